The molecule has 2 fully saturated rings. The van der Waals surface area contributed by atoms with Crippen molar-refractivity contribution in [2.24, 2.45) is 5.92 Å². The fourth-order valence-electron chi connectivity index (χ4n) is 3.10. The van der Waals surface area contributed by atoms with Gasteiger partial charge in [0.25, 0.3) is 0 Å². The van der Waals surface area contributed by atoms with Gasteiger partial charge in [-0.05, 0) is 25.0 Å². The number of hydrogen-bond acceptors (Lipinski definition) is 5. The van der Waals surface area contributed by atoms with Crippen LogP contribution in [0.3, 0.4) is 0 Å². The summed E-state index contributed by atoms with van der Waals surface area (Å²) in [5, 5.41) is 13.2. The van der Waals surface area contributed by atoms with Gasteiger partial charge in [0, 0.05) is 31.5 Å². The van der Waals surface area contributed by atoms with Gasteiger partial charge < -0.3 is 9.80 Å². The van der Waals surface area contributed by atoms with Gasteiger partial charge in [0.05, 0.1) is 6.04 Å². The van der Waals surface area contributed by atoms with E-state index in [1.807, 2.05) is 28.6 Å². The lowest BCUT2D eigenvalue weighted by Gasteiger charge is -2.44. The summed E-state index contributed by atoms with van der Waals surface area (Å²) in [5.41, 5.74) is 0.654. The molecule has 0 radical (unpaired) electrons. The molecular formula is C17H24N6O. The van der Waals surface area contributed by atoms with Crippen molar-refractivity contribution in [2.45, 2.75) is 45.1 Å². The molecule has 2 aromatic rings. The molecule has 0 N–H and O–H groups in total. The third kappa shape index (κ3) is 2.52. The van der Waals surface area contributed by atoms with Gasteiger partial charge in [-0.15, -0.1) is 15.3 Å². The highest BCUT2D eigenvalue weighted by atomic mass is 16.2. The zero-order chi connectivity index (χ0) is 17.1. The maximum Gasteiger partial charge on any atom is 0.225 e. The van der Waals surface area contributed by atoms with E-state index in [-0.39, 0.29) is 11.3 Å². The van der Waals surface area contributed by atoms with E-state index in [0.29, 0.717) is 11.9 Å². The van der Waals surface area contributed by atoms with Gasteiger partial charge >= 0.3 is 0 Å². The number of amides is 1. The predicted octanol–water partition coefficient (Wildman–Crippen LogP) is 1.48. The normalized spacial score (nSPS) is 18.8. The molecule has 24 heavy (non-hydrogen) atoms. The van der Waals surface area contributed by atoms with E-state index in [9.17, 15) is 4.79 Å². The lowest BCUT2D eigenvalue weighted by atomic mass is 9.96. The minimum atomic E-state index is -0.112. The molecule has 1 aliphatic heterocycles. The number of hydrogen-bond donors (Lipinski definition) is 0. The van der Waals surface area contributed by atoms with Gasteiger partial charge in [0.1, 0.15) is 5.82 Å². The molecule has 1 saturated heterocycles. The lowest BCUT2D eigenvalue weighted by Crippen LogP contribution is -2.60. The van der Waals surface area contributed by atoms with Crippen molar-refractivity contribution in [3.63, 3.8) is 0 Å². The summed E-state index contributed by atoms with van der Waals surface area (Å²) >= 11 is 0. The molecule has 2 aromatic heterocycles. The summed E-state index contributed by atoms with van der Waals surface area (Å²) in [6.45, 7) is 7.99. The molecule has 4 rings (SSSR count). The molecular weight excluding hydrogens is 304 g/mol. The number of nitrogens with zero attached hydrogens (tertiary/aromatic N) is 6. The number of likely N-dealkylation sites (N-methyl/N-ethyl adjacent to an activating group) is 1. The highest BCUT2D eigenvalue weighted by Gasteiger charge is 2.39. The van der Waals surface area contributed by atoms with Crippen molar-refractivity contribution < 1.29 is 4.79 Å². The molecule has 1 saturated carbocycles. The summed E-state index contributed by atoms with van der Waals surface area (Å²) in [6.07, 6.45) is 2.11. The molecule has 7 nitrogen and oxygen atoms in total. The van der Waals surface area contributed by atoms with Crippen LogP contribution in [0.4, 0.5) is 5.82 Å². The third-order valence-corrected chi connectivity index (χ3v) is 4.93. The Morgan fingerprint density at radius 1 is 1.21 bits per heavy atom. The van der Waals surface area contributed by atoms with Crippen LogP contribution in [0.2, 0.25) is 0 Å². The van der Waals surface area contributed by atoms with Gasteiger partial charge in [-0.2, -0.15) is 4.52 Å². The Kier molecular flexibility index (Phi) is 3.30. The molecule has 128 valence electrons. The summed E-state index contributed by atoms with van der Waals surface area (Å²) in [4.78, 5) is 16.3. The molecule has 0 aromatic carbocycles. The van der Waals surface area contributed by atoms with Crippen molar-refractivity contribution in [3.8, 4) is 0 Å². The minimum Gasteiger partial charge on any atom is -0.351 e. The Morgan fingerprint density at radius 2 is 1.92 bits per heavy atom. The molecule has 7 heteroatoms. The first kappa shape index (κ1) is 15.4. The van der Waals surface area contributed by atoms with E-state index < -0.39 is 0 Å². The molecule has 3 heterocycles. The average molecular weight is 328 g/mol. The Morgan fingerprint density at radius 3 is 2.54 bits per heavy atom. The fourth-order valence-corrected chi connectivity index (χ4v) is 3.10. The van der Waals surface area contributed by atoms with Crippen LogP contribution in [-0.4, -0.2) is 56.8 Å². The number of carbonyl (C=O) groups excluding carboxylic acids is 1. The van der Waals surface area contributed by atoms with Crippen LogP contribution in [0, 0.1) is 5.92 Å². The number of aromatic nitrogens is 4. The van der Waals surface area contributed by atoms with Gasteiger partial charge in [0.15, 0.2) is 11.5 Å². The highest BCUT2D eigenvalue weighted by molar-refractivity contribution is 5.81. The molecule has 0 unspecified atom stereocenters. The van der Waals surface area contributed by atoms with Crippen LogP contribution >= 0.6 is 0 Å². The number of anilines is 1. The molecule has 1 aliphatic carbocycles. The van der Waals surface area contributed by atoms with Crippen molar-refractivity contribution in [3.05, 3.63) is 18.0 Å². The summed E-state index contributed by atoms with van der Waals surface area (Å²) in [5.74, 6) is 2.36. The zero-order valence-corrected chi connectivity index (χ0v) is 14.7. The van der Waals surface area contributed by atoms with Crippen LogP contribution in [-0.2, 0) is 10.2 Å². The van der Waals surface area contributed by atoms with E-state index >= 15 is 0 Å². The number of rotatable bonds is 3. The van der Waals surface area contributed by atoms with Crippen LogP contribution < -0.4 is 4.90 Å². The van der Waals surface area contributed by atoms with Crippen molar-refractivity contribution in [2.75, 3.05) is 25.0 Å². The molecule has 0 bridgehead atoms. The van der Waals surface area contributed by atoms with Crippen LogP contribution in [0.15, 0.2) is 12.1 Å². The monoisotopic (exact) mass is 328 g/mol. The lowest BCUT2D eigenvalue weighted by molar-refractivity contribution is -0.133. The van der Waals surface area contributed by atoms with E-state index in [4.69, 9.17) is 5.10 Å². The van der Waals surface area contributed by atoms with Gasteiger partial charge in [-0.25, -0.2) is 0 Å². The summed E-state index contributed by atoms with van der Waals surface area (Å²) < 4.78 is 1.84. The van der Waals surface area contributed by atoms with E-state index in [1.54, 1.807) is 0 Å². The van der Waals surface area contributed by atoms with E-state index in [0.717, 1.165) is 43.2 Å². The first-order chi connectivity index (χ1) is 11.3. The standard InChI is InChI=1S/C17H24N6O/c1-17(2,3)16-19-18-13-7-8-14(20-23(13)16)22-9-12(10-22)21(4)15(24)11-5-6-11/h7-8,11-12H,5-6,9-10H2,1-4H3. The second kappa shape index (κ2) is 5.16. The Hall–Kier alpha value is -2.18. The smallest absolute Gasteiger partial charge is 0.225 e. The van der Waals surface area contributed by atoms with Gasteiger partial charge in [0.2, 0.25) is 5.91 Å². The molecule has 1 amide bonds. The molecule has 0 atom stereocenters. The van der Waals surface area contributed by atoms with Crippen LogP contribution in [0.5, 0.6) is 0 Å². The summed E-state index contributed by atoms with van der Waals surface area (Å²) in [6, 6.07) is 4.23. The Balaban J connectivity index is 1.50. The summed E-state index contributed by atoms with van der Waals surface area (Å²) in [7, 11) is 1.93. The maximum atomic E-state index is 12.1. The Bertz CT molecular complexity index is 782. The van der Waals surface area contributed by atoms with Gasteiger partial charge in [-0.3, -0.25) is 4.79 Å². The van der Waals surface area contributed by atoms with E-state index in [1.165, 1.54) is 0 Å². The topological polar surface area (TPSA) is 66.6 Å². The predicted molar refractivity (Wildman–Crippen MR) is 91.0 cm³/mol. The van der Waals surface area contributed by atoms with Crippen molar-refractivity contribution in [1.29, 1.82) is 0 Å². The largest absolute Gasteiger partial charge is 0.351 e. The fraction of sp³-hybridized carbons (Fsp3) is 0.647. The average Bonchev–Trinajstić information content (AvgIpc) is 3.22. The molecule has 0 spiro atoms. The third-order valence-electron chi connectivity index (χ3n) is 4.93. The van der Waals surface area contributed by atoms with Crippen molar-refractivity contribution in [1.82, 2.24) is 24.7 Å². The zero-order valence-electron chi connectivity index (χ0n) is 14.7. The number of fused-ring (bicyclic) bond motifs is 1. The minimum absolute atomic E-state index is 0.112. The number of carbonyl (C=O) groups is 1. The highest BCUT2D eigenvalue weighted by Crippen LogP contribution is 2.32. The van der Waals surface area contributed by atoms with E-state index in [2.05, 4.69) is 35.9 Å². The van der Waals surface area contributed by atoms with Crippen molar-refractivity contribution >= 4 is 17.4 Å². The first-order valence-corrected chi connectivity index (χ1v) is 8.59. The Labute approximate surface area is 141 Å². The van der Waals surface area contributed by atoms with Crippen LogP contribution in [0.25, 0.3) is 5.65 Å². The maximum absolute atomic E-state index is 12.1. The van der Waals surface area contributed by atoms with Crippen LogP contribution in [0.1, 0.15) is 39.4 Å². The quantitative estimate of drug-likeness (QED) is 0.854. The van der Waals surface area contributed by atoms with Gasteiger partial charge in [-0.1, -0.05) is 20.8 Å². The second-order valence-electron chi connectivity index (χ2n) is 8.02. The second-order valence-corrected chi connectivity index (χ2v) is 8.02. The SMILES string of the molecule is CN(C(=O)C1CC1)C1CN(c2ccc3nnc(C(C)(C)C)n3n2)C1. The first-order valence-electron chi connectivity index (χ1n) is 8.59. The molecule has 2 aliphatic rings.